The summed E-state index contributed by atoms with van der Waals surface area (Å²) in [5.41, 5.74) is 14.2. The van der Waals surface area contributed by atoms with Crippen molar-refractivity contribution in [3.8, 4) is 40.4 Å². The van der Waals surface area contributed by atoms with Crippen LogP contribution in [0.3, 0.4) is 0 Å². The van der Waals surface area contributed by atoms with E-state index in [-0.39, 0.29) is 165 Å². The third kappa shape index (κ3) is 18.6. The molecule has 108 heavy (non-hydrogen) atoms. The monoisotopic (exact) mass is 1890 g/mol. The number of pyridine rings is 10. The Balaban J connectivity index is 0.000000165. The van der Waals surface area contributed by atoms with Crippen LogP contribution in [-0.4, -0.2) is 95.3 Å². The van der Waals surface area contributed by atoms with Gasteiger partial charge in [0, 0.05) is 98.0 Å². The number of phenolic OH excluding ortho intramolecular Hbond substituents is 1. The van der Waals surface area contributed by atoms with Crippen LogP contribution in [0.5, 0.6) is 17.4 Å². The molecule has 0 aliphatic heterocycles. The molecule has 0 aliphatic carbocycles. The van der Waals surface area contributed by atoms with Crippen LogP contribution in [0.15, 0.2) is 263 Å². The van der Waals surface area contributed by atoms with Gasteiger partial charge in [0.2, 0.25) is 5.88 Å². The maximum Gasteiger partial charge on any atom is 1.00 e. The fourth-order valence-corrected chi connectivity index (χ4v) is 13.0. The first kappa shape index (κ1) is 82.6. The molecule has 15 aromatic heterocycles. The van der Waals surface area contributed by atoms with Gasteiger partial charge in [-0.05, 0) is 214 Å². The minimum Gasteiger partial charge on any atom is -0.508 e. The molecule has 4 aromatic carbocycles. The summed E-state index contributed by atoms with van der Waals surface area (Å²) < 4.78 is 31.6. The number of benzene rings is 4. The number of para-hydroxylation sites is 2. The summed E-state index contributed by atoms with van der Waals surface area (Å²) in [4.78, 5) is 48.0. The van der Waals surface area contributed by atoms with Crippen molar-refractivity contribution in [1.29, 1.82) is 1.43 Å². The molecule has 0 spiro atoms. The smallest absolute Gasteiger partial charge is 0.508 e. The molecule has 530 valence electrons. The van der Waals surface area contributed by atoms with Crippen molar-refractivity contribution in [3.05, 3.63) is 292 Å². The fraction of sp³-hybridized carbons (Fsp3) is 0.0625. The first-order chi connectivity index (χ1) is 51.3. The number of aromatic nitrogens is 16. The zero-order chi connectivity index (χ0) is 73.1. The van der Waals surface area contributed by atoms with Crippen molar-refractivity contribution < 1.29 is 167 Å². The van der Waals surface area contributed by atoms with Crippen LogP contribution in [-0.2, 0) is 9.68 Å². The van der Waals surface area contributed by atoms with E-state index < -0.39 is 0 Å². The zero-order valence-corrected chi connectivity index (χ0v) is 75.2. The first-order valence-corrected chi connectivity index (χ1v) is 34.5. The van der Waals surface area contributed by atoms with Crippen molar-refractivity contribution in [1.82, 2.24) is 78.4 Å². The summed E-state index contributed by atoms with van der Waals surface area (Å²) in [6, 6.07) is 71.3. The van der Waals surface area contributed by atoms with E-state index in [2.05, 4.69) is 183 Å². The van der Waals surface area contributed by atoms with Crippen molar-refractivity contribution in [2.24, 2.45) is 0 Å². The van der Waals surface area contributed by atoms with Crippen LogP contribution in [0, 0.1) is 27.9 Å². The molecule has 0 bridgehead atoms. The molecule has 0 saturated carbocycles. The van der Waals surface area contributed by atoms with Gasteiger partial charge in [-0.15, -0.1) is 0 Å². The number of carbonyl (C=O) groups is 1. The molecule has 19 aromatic rings. The standard InChI is InChI=1S/C31H20N6O.C17H12N2O.C14H9BrN4.C9H8BrN3.C5H3BrClN.CH2F.CH2O3.2CH4.2Cs/c1-19-17-27-30-23(24-8-6-16-33-31(24)37(27)35-19)13-14-29(34-30)38-20-11-12-22-21-7-2-3-9-25(21)36(26(22)18-20)28-10-4-5-15-32-28;20-12-8-9-14-13-5-1-2-6-15(13)19(16(14)11-12)17-7-3-4-10-18-17;1-8-7-11-13-9(4-5-12(15)17-13)10-3-2-6-16-14(10)19(11)18-8;1-6-5-8(13-12-6)7-3-2-4-9(10)11-7;6-5-4(7)2-1-3-8-5;1-2;2-1-4-3;;;;/h2-18H,1H3;1-11,20H;2-7H,1H3;2-5H,1H3,(H,12,13);1-3H;1H2;1,3H;2*1H4;;/q;;;;;-1;;;;2*+1/i/hD. The van der Waals surface area contributed by atoms with Crippen LogP contribution in [0.2, 0.25) is 5.02 Å². The second-order valence-corrected chi connectivity index (χ2v) is 25.6. The number of aromatic amines is 1. The van der Waals surface area contributed by atoms with E-state index >= 15 is 0 Å². The number of rotatable bonds is 7. The quantitative estimate of drug-likeness (QED) is 0.0335. The number of H-pyrrole nitrogens is 1. The van der Waals surface area contributed by atoms with Gasteiger partial charge in [0.15, 0.2) is 11.3 Å². The maximum absolute atomic E-state index is 9.79. The zero-order valence-electron chi connectivity index (χ0n) is 58.1. The van der Waals surface area contributed by atoms with E-state index in [1.165, 1.54) is 5.39 Å². The predicted molar refractivity (Wildman–Crippen MR) is 429 cm³/mol. The molecule has 0 saturated heterocycles. The number of nitrogens with zero attached hydrogens (tertiary/aromatic N) is 15. The molecule has 28 heteroatoms. The molecule has 0 atom stereocenters. The maximum atomic E-state index is 9.79. The number of hydrogen-bond donors (Lipinski definition) is 3. The Labute approximate surface area is 768 Å². The predicted octanol–water partition coefficient (Wildman–Crippen LogP) is 15.1. The van der Waals surface area contributed by atoms with E-state index in [9.17, 15) is 9.50 Å². The Morgan fingerprint density at radius 1 is 0.491 bits per heavy atom. The molecular formula is C80H64Br3ClCs2FN16O5+. The van der Waals surface area contributed by atoms with Crippen molar-refractivity contribution in [3.63, 3.8) is 0 Å². The molecular weight excluding hydrogens is 1820 g/mol. The van der Waals surface area contributed by atoms with E-state index in [0.29, 0.717) is 21.3 Å². The first-order valence-electron chi connectivity index (χ1n) is 32.1. The Morgan fingerprint density at radius 2 is 0.991 bits per heavy atom. The Bertz CT molecular complexity index is 6320. The summed E-state index contributed by atoms with van der Waals surface area (Å²) in [6.07, 6.45) is 8.84. The van der Waals surface area contributed by atoms with Gasteiger partial charge in [-0.3, -0.25) is 19.0 Å². The van der Waals surface area contributed by atoms with Gasteiger partial charge in [-0.2, -0.15) is 22.5 Å². The van der Waals surface area contributed by atoms with E-state index in [4.69, 9.17) is 27.5 Å². The number of halogens is 5. The molecule has 0 aliphatic rings. The second kappa shape index (κ2) is 39.1. The van der Waals surface area contributed by atoms with Crippen LogP contribution in [0.1, 0.15) is 31.9 Å². The van der Waals surface area contributed by atoms with Crippen LogP contribution < -0.4 is 143 Å². The largest absolute Gasteiger partial charge is 1.00 e. The average Bonchev–Trinajstić information content (AvgIpc) is 1.75. The van der Waals surface area contributed by atoms with Gasteiger partial charge in [-0.25, -0.2) is 54.2 Å². The third-order valence-electron chi connectivity index (χ3n) is 16.2. The Morgan fingerprint density at radius 3 is 1.51 bits per heavy atom. The Hall–Kier alpha value is -7.90. The summed E-state index contributed by atoms with van der Waals surface area (Å²) >= 11 is 15.5. The molecule has 19 rings (SSSR count). The number of aromatic hydroxyl groups is 1. The Kier molecular flexibility index (Phi) is 29.9. The molecule has 21 nitrogen and oxygen atoms in total. The number of fused-ring (bicyclic) bond motifs is 18. The van der Waals surface area contributed by atoms with E-state index in [0.717, 1.165) is 142 Å². The summed E-state index contributed by atoms with van der Waals surface area (Å²) in [5, 5.41) is 38.4. The minimum atomic E-state index is 0. The number of hydrogen-bond acceptors (Lipinski definition) is 16. The van der Waals surface area contributed by atoms with E-state index in [1.807, 2.05) is 169 Å². The van der Waals surface area contributed by atoms with Crippen molar-refractivity contribution >= 4 is 164 Å². The van der Waals surface area contributed by atoms with Gasteiger partial charge in [0.1, 0.15) is 48.2 Å². The van der Waals surface area contributed by atoms with Gasteiger partial charge in [-0.1, -0.05) is 81.1 Å². The van der Waals surface area contributed by atoms with Crippen LogP contribution >= 0.6 is 59.4 Å². The number of carbonyl (C=O) groups excluding carboxylic acids is 1. The van der Waals surface area contributed by atoms with E-state index in [1.54, 1.807) is 56.2 Å². The number of aryl methyl sites for hydroxylation is 3. The SMILES string of the molecule is C.C.Cc1cc(-c2cccc(Br)n2)n[nH]1.Cc1cc2c3nc(Br)ccc3c3cccnc3n2n1.Cc1cc2c3nc(Oc4ccc5c6ccccc6n(-c6ccccn6)c5c4)ccc3c3cccnc3n2n1.Clc1cccnc1Br.Oc1ccc2c3ccccc3n(-c3ccccn3)c2c1.[2H]OOC=O.[CH2-]F.[Cs+].[Cs+]. The van der Waals surface area contributed by atoms with Crippen molar-refractivity contribution in [2.45, 2.75) is 35.6 Å². The molecule has 3 N–H and O–H groups in total. The van der Waals surface area contributed by atoms with Gasteiger partial charge in [0.05, 0.1) is 60.7 Å². The fourth-order valence-electron chi connectivity index (χ4n) is 12.0. The molecule has 0 fully saturated rings. The summed E-state index contributed by atoms with van der Waals surface area (Å²) in [6.45, 7) is 5.94. The summed E-state index contributed by atoms with van der Waals surface area (Å²) in [5.74, 6) is 3.19. The normalized spacial score (nSPS) is 10.6. The molecule has 0 unspecified atom stereocenters. The topological polar surface area (TPSA) is 252 Å². The number of phenols is 1. The van der Waals surface area contributed by atoms with Crippen molar-refractivity contribution in [2.75, 3.05) is 0 Å². The summed E-state index contributed by atoms with van der Waals surface area (Å²) in [7, 11) is 1.75. The molecule has 15 heterocycles. The average molecular weight is 1890 g/mol. The minimum absolute atomic E-state index is 0. The van der Waals surface area contributed by atoms with Gasteiger partial charge in [0.25, 0.3) is 1.43 Å². The van der Waals surface area contributed by atoms with Gasteiger partial charge < -0.3 is 19.1 Å². The number of ether oxygens (including phenoxy) is 1. The second-order valence-electron chi connectivity index (χ2n) is 22.8. The van der Waals surface area contributed by atoms with Gasteiger partial charge >= 0.3 is 144 Å². The third-order valence-corrected chi connectivity index (χ3v) is 18.2. The van der Waals surface area contributed by atoms with Crippen LogP contribution in [0.25, 0.3) is 123 Å². The van der Waals surface area contributed by atoms with Crippen LogP contribution in [0.4, 0.5) is 4.39 Å². The molecule has 0 radical (unpaired) electrons. The number of nitrogens with one attached hydrogen (secondary N) is 1. The molecule has 0 amide bonds.